The number of nitro groups is 1. The van der Waals surface area contributed by atoms with Gasteiger partial charge in [0.15, 0.2) is 0 Å². The van der Waals surface area contributed by atoms with Crippen molar-refractivity contribution in [3.63, 3.8) is 0 Å². The summed E-state index contributed by atoms with van der Waals surface area (Å²) in [5, 5.41) is 11.0. The number of benzene rings is 1. The van der Waals surface area contributed by atoms with Gasteiger partial charge in [-0.05, 0) is 36.1 Å². The van der Waals surface area contributed by atoms with Crippen LogP contribution in [0.25, 0.3) is 6.08 Å². The second-order valence-corrected chi connectivity index (χ2v) is 4.72. The lowest BCUT2D eigenvalue weighted by Crippen LogP contribution is -2.02. The monoisotopic (exact) mass is 249 g/mol. The third-order valence-electron chi connectivity index (χ3n) is 2.60. The molecule has 4 heteroatoms. The molecule has 0 aliphatic rings. The summed E-state index contributed by atoms with van der Waals surface area (Å²) in [5.41, 5.74) is 2.05. The third kappa shape index (κ3) is 3.87. The highest BCUT2D eigenvalue weighted by Crippen LogP contribution is 2.21. The Morgan fingerprint density at radius 2 is 2.17 bits per heavy atom. The Morgan fingerprint density at radius 1 is 1.50 bits per heavy atom. The van der Waals surface area contributed by atoms with Gasteiger partial charge >= 0.3 is 0 Å². The van der Waals surface area contributed by atoms with Gasteiger partial charge in [-0.3, -0.25) is 10.1 Å². The van der Waals surface area contributed by atoms with Crippen LogP contribution >= 0.6 is 0 Å². The smallest absolute Gasteiger partial charge is 0.247 e. The molecule has 18 heavy (non-hydrogen) atoms. The van der Waals surface area contributed by atoms with Crippen LogP contribution < -0.4 is 4.74 Å². The average molecular weight is 249 g/mol. The minimum absolute atomic E-state index is 0.245. The summed E-state index contributed by atoms with van der Waals surface area (Å²) in [6.45, 7) is 5.86. The largest absolute Gasteiger partial charge is 0.496 e. The first-order valence-corrected chi connectivity index (χ1v) is 5.93. The van der Waals surface area contributed by atoms with Crippen LogP contribution in [0.1, 0.15) is 31.4 Å². The fourth-order valence-electron chi connectivity index (χ4n) is 1.79. The number of hydrogen-bond donors (Lipinski definition) is 0. The summed E-state index contributed by atoms with van der Waals surface area (Å²) in [7, 11) is 1.61. The molecular formula is C14H19NO3. The molecule has 1 aromatic rings. The highest BCUT2D eigenvalue weighted by molar-refractivity contribution is 5.54. The van der Waals surface area contributed by atoms with Gasteiger partial charge in [-0.15, -0.1) is 0 Å². The fraction of sp³-hybridized carbons (Fsp3) is 0.429. The molecule has 0 saturated carbocycles. The molecule has 0 atom stereocenters. The van der Waals surface area contributed by atoms with Crippen molar-refractivity contribution in [2.24, 2.45) is 5.92 Å². The van der Waals surface area contributed by atoms with E-state index in [9.17, 15) is 10.1 Å². The van der Waals surface area contributed by atoms with Crippen LogP contribution in [0.15, 0.2) is 23.9 Å². The molecule has 0 amide bonds. The topological polar surface area (TPSA) is 52.4 Å². The minimum atomic E-state index is -0.306. The van der Waals surface area contributed by atoms with Gasteiger partial charge in [-0.25, -0.2) is 0 Å². The quantitative estimate of drug-likeness (QED) is 0.591. The van der Waals surface area contributed by atoms with Crippen LogP contribution in [0.2, 0.25) is 0 Å². The van der Waals surface area contributed by atoms with Crippen LogP contribution in [0.3, 0.4) is 0 Å². The first-order valence-electron chi connectivity index (χ1n) is 5.93. The van der Waals surface area contributed by atoms with Gasteiger partial charge in [0.05, 0.1) is 12.0 Å². The van der Waals surface area contributed by atoms with Gasteiger partial charge in [0, 0.05) is 12.5 Å². The molecule has 0 saturated heterocycles. The Morgan fingerprint density at radius 3 is 2.61 bits per heavy atom. The van der Waals surface area contributed by atoms with Gasteiger partial charge in [0.2, 0.25) is 5.70 Å². The second kappa shape index (κ2) is 6.19. The van der Waals surface area contributed by atoms with Crippen LogP contribution in [0.5, 0.6) is 5.75 Å². The van der Waals surface area contributed by atoms with Crippen molar-refractivity contribution in [1.82, 2.24) is 0 Å². The lowest BCUT2D eigenvalue weighted by molar-refractivity contribution is -0.427. The van der Waals surface area contributed by atoms with E-state index in [4.69, 9.17) is 4.74 Å². The van der Waals surface area contributed by atoms with E-state index >= 15 is 0 Å². The molecule has 0 fully saturated rings. The number of aryl methyl sites for hydroxylation is 1. The molecule has 4 nitrogen and oxygen atoms in total. The van der Waals surface area contributed by atoms with E-state index in [0.29, 0.717) is 6.42 Å². The Labute approximate surface area is 107 Å². The Kier molecular flexibility index (Phi) is 4.89. The maximum absolute atomic E-state index is 11.0. The van der Waals surface area contributed by atoms with Gasteiger partial charge in [-0.1, -0.05) is 19.9 Å². The van der Waals surface area contributed by atoms with Crippen molar-refractivity contribution in [3.05, 3.63) is 45.1 Å². The van der Waals surface area contributed by atoms with E-state index in [0.717, 1.165) is 16.9 Å². The van der Waals surface area contributed by atoms with Crippen LogP contribution in [-0.4, -0.2) is 12.0 Å². The van der Waals surface area contributed by atoms with Crippen molar-refractivity contribution >= 4 is 6.08 Å². The van der Waals surface area contributed by atoms with E-state index in [1.807, 2.05) is 39.0 Å². The van der Waals surface area contributed by atoms with Gasteiger partial charge < -0.3 is 4.74 Å². The van der Waals surface area contributed by atoms with Crippen molar-refractivity contribution in [1.29, 1.82) is 0 Å². The lowest BCUT2D eigenvalue weighted by atomic mass is 10.0. The minimum Gasteiger partial charge on any atom is -0.496 e. The van der Waals surface area contributed by atoms with Crippen molar-refractivity contribution in [2.75, 3.05) is 7.11 Å². The Hall–Kier alpha value is -1.84. The summed E-state index contributed by atoms with van der Waals surface area (Å²) in [6.07, 6.45) is 2.10. The average Bonchev–Trinajstić information content (AvgIpc) is 2.27. The van der Waals surface area contributed by atoms with E-state index in [-0.39, 0.29) is 16.5 Å². The second-order valence-electron chi connectivity index (χ2n) is 4.72. The van der Waals surface area contributed by atoms with E-state index in [1.54, 1.807) is 13.2 Å². The Balaban J connectivity index is 3.04. The van der Waals surface area contributed by atoms with E-state index in [1.165, 1.54) is 0 Å². The normalized spacial score (nSPS) is 11.7. The van der Waals surface area contributed by atoms with Crippen LogP contribution in [0.4, 0.5) is 0 Å². The summed E-state index contributed by atoms with van der Waals surface area (Å²) < 4.78 is 5.16. The third-order valence-corrected chi connectivity index (χ3v) is 2.60. The predicted molar refractivity (Wildman–Crippen MR) is 72.2 cm³/mol. The fourth-order valence-corrected chi connectivity index (χ4v) is 1.79. The zero-order valence-corrected chi connectivity index (χ0v) is 11.3. The molecule has 0 spiro atoms. The highest BCUT2D eigenvalue weighted by Gasteiger charge is 2.13. The first-order chi connectivity index (χ1) is 8.43. The highest BCUT2D eigenvalue weighted by atomic mass is 16.6. The molecular weight excluding hydrogens is 230 g/mol. The van der Waals surface area contributed by atoms with Crippen LogP contribution in [-0.2, 0) is 0 Å². The van der Waals surface area contributed by atoms with Gasteiger partial charge in [-0.2, -0.15) is 0 Å². The summed E-state index contributed by atoms with van der Waals surface area (Å²) in [4.78, 5) is 10.7. The molecule has 0 aliphatic carbocycles. The van der Waals surface area contributed by atoms with Crippen LogP contribution in [0, 0.1) is 23.0 Å². The number of nitrogens with zero attached hydrogens (tertiary/aromatic N) is 1. The van der Waals surface area contributed by atoms with E-state index in [2.05, 4.69) is 0 Å². The Bertz CT molecular complexity index is 464. The molecule has 0 N–H and O–H groups in total. The molecule has 1 aromatic carbocycles. The van der Waals surface area contributed by atoms with Gasteiger partial charge in [0.1, 0.15) is 5.75 Å². The predicted octanol–water partition coefficient (Wildman–Crippen LogP) is 3.67. The maximum Gasteiger partial charge on any atom is 0.247 e. The standard InChI is InChI=1S/C14H19NO3/c1-10(2)7-13(15(16)17)9-12-5-6-14(18-4)11(3)8-12/h5-6,8-10H,7H2,1-4H3/b13-9-. The molecule has 0 unspecified atom stereocenters. The number of hydrogen-bond acceptors (Lipinski definition) is 3. The van der Waals surface area contributed by atoms with Crippen molar-refractivity contribution in [2.45, 2.75) is 27.2 Å². The number of allylic oxidation sites excluding steroid dienone is 1. The molecule has 0 radical (unpaired) electrons. The van der Waals surface area contributed by atoms with Crippen molar-refractivity contribution < 1.29 is 9.66 Å². The first kappa shape index (κ1) is 14.2. The molecule has 98 valence electrons. The summed E-state index contributed by atoms with van der Waals surface area (Å²) >= 11 is 0. The zero-order chi connectivity index (χ0) is 13.7. The summed E-state index contributed by atoms with van der Waals surface area (Å²) in [5.74, 6) is 1.06. The molecule has 0 heterocycles. The van der Waals surface area contributed by atoms with Crippen molar-refractivity contribution in [3.8, 4) is 5.75 Å². The molecule has 0 aromatic heterocycles. The zero-order valence-electron chi connectivity index (χ0n) is 11.3. The number of rotatable bonds is 5. The maximum atomic E-state index is 11.0. The number of ether oxygens (including phenoxy) is 1. The lowest BCUT2D eigenvalue weighted by Gasteiger charge is -2.06. The molecule has 0 aliphatic heterocycles. The molecule has 0 bridgehead atoms. The summed E-state index contributed by atoms with van der Waals surface area (Å²) in [6, 6.07) is 5.55. The SMILES string of the molecule is COc1ccc(/C=C(/CC(C)C)[N+](=O)[O-])cc1C. The van der Waals surface area contributed by atoms with E-state index < -0.39 is 0 Å². The number of methoxy groups -OCH3 is 1. The molecule has 1 rings (SSSR count). The van der Waals surface area contributed by atoms with Gasteiger partial charge in [0.25, 0.3) is 0 Å².